The SMILES string of the molecule is CC(C)CNCc1cc(N(C)C)c2c(c1O)C(O)=C1C(=O)[C@]3(O)C(O)=C(C(N)=O)C(=O)[C@@H](N(C)C)[C@@H]3C[C@@H]1C2. The van der Waals surface area contributed by atoms with Crippen molar-refractivity contribution in [3.8, 4) is 5.75 Å². The number of phenols is 1. The zero-order valence-corrected chi connectivity index (χ0v) is 23.2. The van der Waals surface area contributed by atoms with Crippen molar-refractivity contribution in [2.24, 2.45) is 23.5 Å². The van der Waals surface area contributed by atoms with E-state index in [1.807, 2.05) is 25.1 Å². The first-order valence-electron chi connectivity index (χ1n) is 13.0. The van der Waals surface area contributed by atoms with E-state index in [1.165, 1.54) is 4.90 Å². The number of anilines is 1. The Morgan fingerprint density at radius 2 is 1.82 bits per heavy atom. The van der Waals surface area contributed by atoms with Crippen LogP contribution in [0.2, 0.25) is 0 Å². The van der Waals surface area contributed by atoms with Gasteiger partial charge in [-0.15, -0.1) is 0 Å². The number of nitrogens with one attached hydrogen (secondary N) is 1. The van der Waals surface area contributed by atoms with Crippen LogP contribution in [0, 0.1) is 17.8 Å². The number of fused-ring (bicyclic) bond motifs is 3. The Kier molecular flexibility index (Phi) is 7.30. The molecule has 1 fully saturated rings. The molecule has 1 aromatic carbocycles. The van der Waals surface area contributed by atoms with Crippen LogP contribution >= 0.6 is 0 Å². The number of benzene rings is 1. The van der Waals surface area contributed by atoms with Crippen LogP contribution in [-0.4, -0.2) is 89.2 Å². The van der Waals surface area contributed by atoms with Crippen molar-refractivity contribution in [3.05, 3.63) is 39.7 Å². The standard InChI is InChI=1S/C28H38N4O7/c1-12(2)10-30-11-14-9-17(31(3)4)15-7-13-8-16-21(32(5)6)24(35)20(27(29)38)26(37)28(16,39)25(36)18(13)23(34)19(15)22(14)33/h9,12-13,16,21,30,33-34,37,39H,7-8,10-11H2,1-6H3,(H2,29,38)/t13-,16-,21-,28-/m0/s1. The summed E-state index contributed by atoms with van der Waals surface area (Å²) in [5, 5.41) is 48.8. The van der Waals surface area contributed by atoms with E-state index in [9.17, 15) is 34.8 Å². The van der Waals surface area contributed by atoms with Crippen molar-refractivity contribution in [1.29, 1.82) is 0 Å². The molecule has 0 saturated heterocycles. The summed E-state index contributed by atoms with van der Waals surface area (Å²) in [7, 11) is 6.83. The summed E-state index contributed by atoms with van der Waals surface area (Å²) >= 11 is 0. The van der Waals surface area contributed by atoms with E-state index in [0.717, 1.165) is 5.69 Å². The van der Waals surface area contributed by atoms with E-state index < -0.39 is 58.0 Å². The first-order chi connectivity index (χ1) is 18.1. The van der Waals surface area contributed by atoms with Gasteiger partial charge in [0.1, 0.15) is 22.8 Å². The smallest absolute Gasteiger partial charge is 0.255 e. The predicted molar refractivity (Wildman–Crippen MR) is 145 cm³/mol. The number of primary amides is 1. The van der Waals surface area contributed by atoms with E-state index in [0.29, 0.717) is 30.1 Å². The molecule has 0 unspecified atom stereocenters. The zero-order valence-electron chi connectivity index (χ0n) is 23.2. The van der Waals surface area contributed by atoms with Gasteiger partial charge in [-0.3, -0.25) is 19.3 Å². The lowest BCUT2D eigenvalue weighted by molar-refractivity contribution is -0.153. The largest absolute Gasteiger partial charge is 0.508 e. The van der Waals surface area contributed by atoms with E-state index >= 15 is 0 Å². The van der Waals surface area contributed by atoms with Crippen molar-refractivity contribution in [2.45, 2.75) is 44.9 Å². The quantitative estimate of drug-likeness (QED) is 0.270. The highest BCUT2D eigenvalue weighted by Gasteiger charge is 2.64. The summed E-state index contributed by atoms with van der Waals surface area (Å²) in [5.74, 6) is -6.15. The van der Waals surface area contributed by atoms with Crippen LogP contribution < -0.4 is 16.0 Å². The Morgan fingerprint density at radius 3 is 2.36 bits per heavy atom. The number of carbonyl (C=O) groups is 3. The van der Waals surface area contributed by atoms with Crippen molar-refractivity contribution < 1.29 is 34.8 Å². The minimum Gasteiger partial charge on any atom is -0.508 e. The Bertz CT molecular complexity index is 1310. The zero-order chi connectivity index (χ0) is 29.1. The van der Waals surface area contributed by atoms with Gasteiger partial charge in [0, 0.05) is 43.4 Å². The van der Waals surface area contributed by atoms with Gasteiger partial charge in [0.05, 0.1) is 11.6 Å². The fourth-order valence-electron chi connectivity index (χ4n) is 6.38. The van der Waals surface area contributed by atoms with E-state index in [4.69, 9.17) is 5.73 Å². The van der Waals surface area contributed by atoms with Gasteiger partial charge >= 0.3 is 0 Å². The van der Waals surface area contributed by atoms with Gasteiger partial charge in [0.15, 0.2) is 11.4 Å². The first-order valence-corrected chi connectivity index (χ1v) is 13.0. The van der Waals surface area contributed by atoms with Gasteiger partial charge in [0.25, 0.3) is 5.91 Å². The van der Waals surface area contributed by atoms with Crippen LogP contribution in [0.5, 0.6) is 5.75 Å². The number of aliphatic hydroxyl groups is 3. The molecule has 0 aliphatic heterocycles. The van der Waals surface area contributed by atoms with Crippen molar-refractivity contribution in [2.75, 3.05) is 39.6 Å². The maximum absolute atomic E-state index is 14.0. The molecule has 0 aromatic heterocycles. The molecule has 0 radical (unpaired) electrons. The number of aromatic hydroxyl groups is 1. The number of likely N-dealkylation sites (N-methyl/N-ethyl adjacent to an activating group) is 1. The molecule has 39 heavy (non-hydrogen) atoms. The number of nitrogens with two attached hydrogens (primary N) is 1. The molecule has 11 nitrogen and oxygen atoms in total. The second kappa shape index (κ2) is 9.96. The average molecular weight is 543 g/mol. The predicted octanol–water partition coefficient (Wildman–Crippen LogP) is 0.776. The molecule has 3 aliphatic carbocycles. The van der Waals surface area contributed by atoms with Crippen LogP contribution in [0.4, 0.5) is 5.69 Å². The fourth-order valence-corrected chi connectivity index (χ4v) is 6.38. The maximum atomic E-state index is 14.0. The minimum absolute atomic E-state index is 0.0527. The lowest BCUT2D eigenvalue weighted by Crippen LogP contribution is -2.65. The molecule has 3 aliphatic rings. The monoisotopic (exact) mass is 542 g/mol. The molecule has 1 aromatic rings. The molecule has 0 bridgehead atoms. The normalized spacial score (nSPS) is 26.6. The number of hydrogen-bond donors (Lipinski definition) is 6. The molecule has 1 amide bonds. The van der Waals surface area contributed by atoms with Gasteiger partial charge in [-0.2, -0.15) is 0 Å². The number of aliphatic hydroxyl groups excluding tert-OH is 2. The molecular weight excluding hydrogens is 504 g/mol. The van der Waals surface area contributed by atoms with Gasteiger partial charge in [-0.25, -0.2) is 0 Å². The highest BCUT2D eigenvalue weighted by molar-refractivity contribution is 6.24. The molecule has 4 atom stereocenters. The third-order valence-electron chi connectivity index (χ3n) is 8.13. The lowest BCUT2D eigenvalue weighted by atomic mass is 9.57. The van der Waals surface area contributed by atoms with Crippen molar-refractivity contribution in [1.82, 2.24) is 10.2 Å². The second-order valence-corrected chi connectivity index (χ2v) is 11.6. The molecule has 212 valence electrons. The Hall–Kier alpha value is -3.41. The molecule has 11 heteroatoms. The van der Waals surface area contributed by atoms with Crippen LogP contribution in [0.15, 0.2) is 23.0 Å². The summed E-state index contributed by atoms with van der Waals surface area (Å²) in [6, 6.07) is 0.736. The van der Waals surface area contributed by atoms with Gasteiger partial charge < -0.3 is 36.4 Å². The van der Waals surface area contributed by atoms with E-state index in [1.54, 1.807) is 14.1 Å². The van der Waals surface area contributed by atoms with Crippen LogP contribution in [0.3, 0.4) is 0 Å². The van der Waals surface area contributed by atoms with Crippen LogP contribution in [0.1, 0.15) is 37.0 Å². The molecule has 0 heterocycles. The third kappa shape index (κ3) is 4.29. The molecule has 7 N–H and O–H groups in total. The molecular formula is C28H38N4O7. The van der Waals surface area contributed by atoms with Gasteiger partial charge in [-0.1, -0.05) is 13.8 Å². The first kappa shape index (κ1) is 28.6. The van der Waals surface area contributed by atoms with Gasteiger partial charge in [0.2, 0.25) is 5.78 Å². The number of amides is 1. The molecule has 4 rings (SSSR count). The number of rotatable bonds is 7. The number of nitrogens with zero attached hydrogens (tertiary/aromatic N) is 2. The highest BCUT2D eigenvalue weighted by Crippen LogP contribution is 2.54. The summed E-state index contributed by atoms with van der Waals surface area (Å²) in [6.07, 6.45) is 0.298. The fraction of sp³-hybridized carbons (Fsp3) is 0.536. The summed E-state index contributed by atoms with van der Waals surface area (Å²) in [4.78, 5) is 42.7. The Morgan fingerprint density at radius 1 is 1.18 bits per heavy atom. The van der Waals surface area contributed by atoms with E-state index in [-0.39, 0.29) is 29.7 Å². The minimum atomic E-state index is -2.65. The third-order valence-corrected chi connectivity index (χ3v) is 8.13. The Balaban J connectivity index is 1.93. The maximum Gasteiger partial charge on any atom is 0.255 e. The van der Waals surface area contributed by atoms with Crippen molar-refractivity contribution >= 4 is 28.9 Å². The van der Waals surface area contributed by atoms with Crippen molar-refractivity contribution in [3.63, 3.8) is 0 Å². The average Bonchev–Trinajstić information content (AvgIpc) is 2.81. The van der Waals surface area contributed by atoms with Gasteiger partial charge in [-0.05, 0) is 56.9 Å². The lowest BCUT2D eigenvalue weighted by Gasteiger charge is -2.50. The second-order valence-electron chi connectivity index (χ2n) is 11.6. The van der Waals surface area contributed by atoms with Crippen LogP contribution in [0.25, 0.3) is 5.76 Å². The molecule has 0 spiro atoms. The Labute approximate surface area is 227 Å². The summed E-state index contributed by atoms with van der Waals surface area (Å²) in [5.41, 5.74) is 3.75. The number of hydrogen-bond acceptors (Lipinski definition) is 10. The van der Waals surface area contributed by atoms with E-state index in [2.05, 4.69) is 19.2 Å². The summed E-state index contributed by atoms with van der Waals surface area (Å²) < 4.78 is 0. The van der Waals surface area contributed by atoms with Crippen LogP contribution in [-0.2, 0) is 27.3 Å². The highest BCUT2D eigenvalue weighted by atomic mass is 16.3. The number of ketones is 2. The number of carbonyl (C=O) groups excluding carboxylic acids is 3. The topological polar surface area (TPSA) is 177 Å². The number of Topliss-reactive ketones (excluding diaryl/α,β-unsaturated/α-hetero) is 2. The summed E-state index contributed by atoms with van der Waals surface area (Å²) in [6.45, 7) is 5.14. The molecule has 1 saturated carbocycles. The number of phenolic OH excluding ortho intramolecular Hbond substituents is 1.